The molecule has 0 unspecified atom stereocenters. The number of aliphatic hydroxyl groups excluding tert-OH is 1. The van der Waals surface area contributed by atoms with Crippen LogP contribution in [0.1, 0.15) is 37.3 Å². The zero-order valence-electron chi connectivity index (χ0n) is 13.0. The van der Waals surface area contributed by atoms with Crippen LogP contribution in [0.15, 0.2) is 60.7 Å². The van der Waals surface area contributed by atoms with Crippen LogP contribution in [0.4, 0.5) is 0 Å². The van der Waals surface area contributed by atoms with Gasteiger partial charge in [-0.15, -0.1) is 0 Å². The Morgan fingerprint density at radius 1 is 0.818 bits per heavy atom. The average Bonchev–Trinajstić information content (AvgIpc) is 2.59. The third kappa shape index (κ3) is 4.15. The van der Waals surface area contributed by atoms with Crippen molar-refractivity contribution < 1.29 is 9.90 Å². The summed E-state index contributed by atoms with van der Waals surface area (Å²) < 4.78 is 0. The van der Waals surface area contributed by atoms with E-state index in [2.05, 4.69) is 0 Å². The molecule has 0 aliphatic rings. The summed E-state index contributed by atoms with van der Waals surface area (Å²) in [6.45, 7) is 1.85. The van der Waals surface area contributed by atoms with Crippen LogP contribution in [-0.4, -0.2) is 17.5 Å². The van der Waals surface area contributed by atoms with Gasteiger partial charge in [0.2, 0.25) is 0 Å². The molecular formula is C20H22O2. The van der Waals surface area contributed by atoms with Gasteiger partial charge in [-0.3, -0.25) is 4.79 Å². The van der Waals surface area contributed by atoms with Gasteiger partial charge in [-0.1, -0.05) is 67.6 Å². The fourth-order valence-electron chi connectivity index (χ4n) is 2.55. The van der Waals surface area contributed by atoms with Gasteiger partial charge in [-0.2, -0.15) is 0 Å². The molecule has 0 heterocycles. The molecule has 22 heavy (non-hydrogen) atoms. The topological polar surface area (TPSA) is 37.3 Å². The summed E-state index contributed by atoms with van der Waals surface area (Å²) in [5.41, 5.74) is 4.03. The summed E-state index contributed by atoms with van der Waals surface area (Å²) in [7, 11) is 0. The molecule has 2 aromatic rings. The number of Topliss-reactive ketones (excluding diaryl/α,β-unsaturated/α-hetero) is 1. The van der Waals surface area contributed by atoms with Gasteiger partial charge in [0.15, 0.2) is 0 Å². The van der Waals surface area contributed by atoms with E-state index in [1.165, 1.54) is 0 Å². The largest absolute Gasteiger partial charge is 0.392 e. The van der Waals surface area contributed by atoms with Crippen LogP contribution in [0.3, 0.4) is 0 Å². The van der Waals surface area contributed by atoms with Crippen molar-refractivity contribution in [3.05, 3.63) is 71.8 Å². The molecule has 0 saturated heterocycles. The molecule has 0 spiro atoms. The van der Waals surface area contributed by atoms with E-state index in [0.29, 0.717) is 19.3 Å². The minimum atomic E-state index is -0.0332. The Kier molecular flexibility index (Phi) is 6.11. The number of carbonyl (C=O) groups is 1. The highest BCUT2D eigenvalue weighted by Gasteiger charge is 2.12. The summed E-state index contributed by atoms with van der Waals surface area (Å²) in [4.78, 5) is 11.7. The fraction of sp³-hybridized carbons (Fsp3) is 0.250. The zero-order valence-corrected chi connectivity index (χ0v) is 13.0. The number of hydrogen-bond acceptors (Lipinski definition) is 2. The van der Waals surface area contributed by atoms with Crippen molar-refractivity contribution in [2.24, 2.45) is 0 Å². The number of benzene rings is 2. The lowest BCUT2D eigenvalue weighted by Crippen LogP contribution is -2.01. The Balaban J connectivity index is 2.45. The van der Waals surface area contributed by atoms with Crippen LogP contribution >= 0.6 is 0 Å². The first-order chi connectivity index (χ1) is 10.8. The minimum Gasteiger partial charge on any atom is -0.392 e. The first kappa shape index (κ1) is 16.2. The molecule has 114 valence electrons. The average molecular weight is 294 g/mol. The van der Waals surface area contributed by atoms with E-state index in [0.717, 1.165) is 22.3 Å². The number of ketones is 1. The normalized spacial score (nSPS) is 11.9. The van der Waals surface area contributed by atoms with Crippen molar-refractivity contribution >= 4 is 16.9 Å². The van der Waals surface area contributed by atoms with E-state index in [4.69, 9.17) is 0 Å². The second-order valence-corrected chi connectivity index (χ2v) is 5.24. The van der Waals surface area contributed by atoms with E-state index in [9.17, 15) is 9.90 Å². The van der Waals surface area contributed by atoms with Gasteiger partial charge in [0, 0.05) is 12.8 Å². The maximum atomic E-state index is 11.7. The molecule has 0 fully saturated rings. The van der Waals surface area contributed by atoms with Gasteiger partial charge < -0.3 is 5.11 Å². The molecule has 0 atom stereocenters. The van der Waals surface area contributed by atoms with Gasteiger partial charge in [-0.25, -0.2) is 0 Å². The van der Waals surface area contributed by atoms with Gasteiger partial charge in [-0.05, 0) is 28.7 Å². The predicted octanol–water partition coefficient (Wildman–Crippen LogP) is 4.35. The summed E-state index contributed by atoms with van der Waals surface area (Å²) in [6, 6.07) is 19.9. The smallest absolute Gasteiger partial charge is 0.132 e. The molecule has 0 amide bonds. The first-order valence-corrected chi connectivity index (χ1v) is 7.71. The van der Waals surface area contributed by atoms with Crippen LogP contribution in [-0.2, 0) is 4.79 Å². The molecular weight excluding hydrogens is 272 g/mol. The number of rotatable bonds is 7. The molecule has 2 rings (SSSR count). The molecule has 0 radical (unpaired) electrons. The number of allylic oxidation sites excluding steroid dienone is 1. The molecule has 2 heteroatoms. The van der Waals surface area contributed by atoms with Gasteiger partial charge in [0.25, 0.3) is 0 Å². The van der Waals surface area contributed by atoms with Crippen LogP contribution in [0.25, 0.3) is 11.1 Å². The zero-order chi connectivity index (χ0) is 15.8. The Hall–Kier alpha value is -2.19. The monoisotopic (exact) mass is 294 g/mol. The second-order valence-electron chi connectivity index (χ2n) is 5.24. The quantitative estimate of drug-likeness (QED) is 0.771. The fourth-order valence-corrected chi connectivity index (χ4v) is 2.55. The standard InChI is InChI=1S/C20H22O2/c1-2-18(22)13-14-19(16-9-5-3-6-10-16)20(15-21)17-11-7-4-8-12-17/h3-12,21H,2,13-15H2,1H3/b20-19+. The lowest BCUT2D eigenvalue weighted by atomic mass is 9.91. The van der Waals surface area contributed by atoms with Gasteiger partial charge in [0.05, 0.1) is 6.61 Å². The Bertz CT molecular complexity index is 627. The van der Waals surface area contributed by atoms with Crippen LogP contribution in [0.5, 0.6) is 0 Å². The maximum absolute atomic E-state index is 11.7. The van der Waals surface area contributed by atoms with E-state index >= 15 is 0 Å². The van der Waals surface area contributed by atoms with Crippen molar-refractivity contribution in [1.29, 1.82) is 0 Å². The number of carbonyl (C=O) groups excluding carboxylic acids is 1. The second kappa shape index (κ2) is 8.30. The third-order valence-corrected chi connectivity index (χ3v) is 3.82. The SMILES string of the molecule is CCC(=O)CC/C(=C(/CO)c1ccccc1)c1ccccc1. The van der Waals surface area contributed by atoms with E-state index < -0.39 is 0 Å². The van der Waals surface area contributed by atoms with Crippen molar-refractivity contribution in [2.45, 2.75) is 26.2 Å². The number of aliphatic hydroxyl groups is 1. The van der Waals surface area contributed by atoms with Gasteiger partial charge >= 0.3 is 0 Å². The van der Waals surface area contributed by atoms with Crippen LogP contribution < -0.4 is 0 Å². The molecule has 2 aromatic carbocycles. The third-order valence-electron chi connectivity index (χ3n) is 3.82. The molecule has 0 aliphatic carbocycles. The summed E-state index contributed by atoms with van der Waals surface area (Å²) >= 11 is 0. The Morgan fingerprint density at radius 3 is 1.77 bits per heavy atom. The van der Waals surface area contributed by atoms with E-state index in [-0.39, 0.29) is 12.4 Å². The maximum Gasteiger partial charge on any atom is 0.132 e. The molecule has 0 aromatic heterocycles. The summed E-state index contributed by atoms with van der Waals surface area (Å²) in [6.07, 6.45) is 1.72. The summed E-state index contributed by atoms with van der Waals surface area (Å²) in [5.74, 6) is 0.249. The first-order valence-electron chi connectivity index (χ1n) is 7.71. The molecule has 0 saturated carbocycles. The molecule has 0 aliphatic heterocycles. The predicted molar refractivity (Wildman–Crippen MR) is 91.3 cm³/mol. The van der Waals surface area contributed by atoms with Crippen LogP contribution in [0, 0.1) is 0 Å². The molecule has 2 nitrogen and oxygen atoms in total. The highest BCUT2D eigenvalue weighted by atomic mass is 16.3. The van der Waals surface area contributed by atoms with Gasteiger partial charge in [0.1, 0.15) is 5.78 Å². The lowest BCUT2D eigenvalue weighted by molar-refractivity contribution is -0.118. The lowest BCUT2D eigenvalue weighted by Gasteiger charge is -2.15. The van der Waals surface area contributed by atoms with Crippen molar-refractivity contribution in [2.75, 3.05) is 6.61 Å². The van der Waals surface area contributed by atoms with Crippen LogP contribution in [0.2, 0.25) is 0 Å². The Morgan fingerprint density at radius 2 is 1.32 bits per heavy atom. The Labute approximate surface area is 132 Å². The minimum absolute atomic E-state index is 0.0332. The molecule has 0 bridgehead atoms. The number of hydrogen-bond donors (Lipinski definition) is 1. The van der Waals surface area contributed by atoms with Crippen molar-refractivity contribution in [1.82, 2.24) is 0 Å². The van der Waals surface area contributed by atoms with E-state index in [1.807, 2.05) is 67.6 Å². The molecule has 1 N–H and O–H groups in total. The highest BCUT2D eigenvalue weighted by Crippen LogP contribution is 2.30. The summed E-state index contributed by atoms with van der Waals surface area (Å²) in [5, 5.41) is 9.89. The highest BCUT2D eigenvalue weighted by molar-refractivity contribution is 5.92. The van der Waals surface area contributed by atoms with Crippen molar-refractivity contribution in [3.63, 3.8) is 0 Å². The van der Waals surface area contributed by atoms with Crippen molar-refractivity contribution in [3.8, 4) is 0 Å². The van der Waals surface area contributed by atoms with E-state index in [1.54, 1.807) is 0 Å².